The van der Waals surface area contributed by atoms with E-state index in [1.165, 1.54) is 4.90 Å². The van der Waals surface area contributed by atoms with E-state index in [1.807, 2.05) is 94.0 Å². The number of benzene rings is 3. The molecule has 2 amide bonds. The Bertz CT molecular complexity index is 2150. The first-order valence-electron chi connectivity index (χ1n) is 17.4. The Labute approximate surface area is 313 Å². The Balaban J connectivity index is 1.34. The maximum absolute atomic E-state index is 14.6. The van der Waals surface area contributed by atoms with Crippen molar-refractivity contribution < 1.29 is 24.2 Å². The van der Waals surface area contributed by atoms with Crippen molar-refractivity contribution in [3.63, 3.8) is 0 Å². The molecule has 0 radical (unpaired) electrons. The molecule has 0 unspecified atom stereocenters. The van der Waals surface area contributed by atoms with Gasteiger partial charge in [0.05, 0.1) is 29.4 Å². The molecule has 0 aliphatic carbocycles. The molecule has 2 N–H and O–H groups in total. The average molecular weight is 745 g/mol. The van der Waals surface area contributed by atoms with Gasteiger partial charge in [-0.15, -0.1) is 0 Å². The van der Waals surface area contributed by atoms with Crippen molar-refractivity contribution in [1.82, 2.24) is 24.6 Å². The van der Waals surface area contributed by atoms with Crippen LogP contribution in [0, 0.1) is 27.7 Å². The first-order chi connectivity index (χ1) is 24.8. The summed E-state index contributed by atoms with van der Waals surface area (Å²) in [5.74, 6) is -1.23. The molecule has 52 heavy (non-hydrogen) atoms. The maximum atomic E-state index is 14.6. The number of carbonyl (C=O) groups is 3. The van der Waals surface area contributed by atoms with Gasteiger partial charge in [0.2, 0.25) is 5.91 Å². The summed E-state index contributed by atoms with van der Waals surface area (Å²) in [6, 6.07) is 15.7. The van der Waals surface area contributed by atoms with Gasteiger partial charge in [0, 0.05) is 53.8 Å². The zero-order valence-corrected chi connectivity index (χ0v) is 31.6. The van der Waals surface area contributed by atoms with Crippen molar-refractivity contribution in [2.24, 2.45) is 7.05 Å². The minimum atomic E-state index is -1.14. The zero-order valence-electron chi connectivity index (χ0n) is 30.1. The fraction of sp³-hybridized carbons (Fsp3) is 0.350. The van der Waals surface area contributed by atoms with Gasteiger partial charge in [-0.1, -0.05) is 59.6 Å². The molecule has 12 heteroatoms. The molecule has 3 heterocycles. The molecule has 272 valence electrons. The van der Waals surface area contributed by atoms with Crippen LogP contribution >= 0.6 is 23.2 Å². The lowest BCUT2D eigenvalue weighted by Gasteiger charge is -2.22. The highest BCUT2D eigenvalue weighted by Crippen LogP contribution is 2.43. The van der Waals surface area contributed by atoms with Crippen molar-refractivity contribution in [2.75, 3.05) is 19.7 Å². The van der Waals surface area contributed by atoms with Gasteiger partial charge in [-0.3, -0.25) is 14.3 Å². The van der Waals surface area contributed by atoms with Crippen LogP contribution in [-0.4, -0.2) is 67.9 Å². The lowest BCUT2D eigenvalue weighted by molar-refractivity contribution is -0.141. The Morgan fingerprint density at radius 2 is 1.71 bits per heavy atom. The molecule has 10 nitrogen and oxygen atoms in total. The Kier molecular flexibility index (Phi) is 11.0. The predicted octanol–water partition coefficient (Wildman–Crippen LogP) is 7.25. The number of hydrogen-bond acceptors (Lipinski definition) is 5. The fourth-order valence-corrected chi connectivity index (χ4v) is 7.66. The minimum Gasteiger partial charge on any atom is -0.494 e. The number of aliphatic carboxylic acids is 1. The van der Waals surface area contributed by atoms with Gasteiger partial charge in [-0.25, -0.2) is 4.79 Å². The third-order valence-corrected chi connectivity index (χ3v) is 10.7. The minimum absolute atomic E-state index is 0.127. The summed E-state index contributed by atoms with van der Waals surface area (Å²) in [5, 5.41) is 19.4. The van der Waals surface area contributed by atoms with E-state index in [-0.39, 0.29) is 18.9 Å². The number of carboxylic acids is 1. The summed E-state index contributed by atoms with van der Waals surface area (Å²) in [6.45, 7) is 8.83. The molecule has 5 aromatic rings. The van der Waals surface area contributed by atoms with E-state index in [0.717, 1.165) is 66.4 Å². The Hall–Kier alpha value is -4.80. The summed E-state index contributed by atoms with van der Waals surface area (Å²) in [6.07, 6.45) is 1.85. The van der Waals surface area contributed by atoms with Gasteiger partial charge in [0.1, 0.15) is 17.5 Å². The summed E-state index contributed by atoms with van der Waals surface area (Å²) in [5.41, 5.74) is 8.40. The SMILES string of the molecule is Cc1cc(OCCCc2c3n(c4c(-c5c(C)nn(C)c5C)c(Cl)ccc24)CCCN(CC(=O)N[C@@H](Cc2ccccc2)C(=O)O)C3=O)cc(C)c1Cl. The number of nitrogens with one attached hydrogen (secondary N) is 1. The third-order valence-electron chi connectivity index (χ3n) is 9.84. The van der Waals surface area contributed by atoms with E-state index in [4.69, 9.17) is 27.9 Å². The van der Waals surface area contributed by atoms with Crippen LogP contribution in [0.15, 0.2) is 54.6 Å². The van der Waals surface area contributed by atoms with E-state index >= 15 is 0 Å². The molecule has 1 aliphatic rings. The van der Waals surface area contributed by atoms with E-state index in [0.29, 0.717) is 49.7 Å². The maximum Gasteiger partial charge on any atom is 0.326 e. The summed E-state index contributed by atoms with van der Waals surface area (Å²) in [7, 11) is 1.90. The van der Waals surface area contributed by atoms with E-state index in [9.17, 15) is 19.5 Å². The molecule has 6 rings (SSSR count). The molecule has 2 aromatic heterocycles. The van der Waals surface area contributed by atoms with Crippen molar-refractivity contribution >= 4 is 51.9 Å². The number of aryl methyl sites for hydroxylation is 6. The van der Waals surface area contributed by atoms with Gasteiger partial charge < -0.3 is 24.6 Å². The number of carboxylic acid groups (broad SMARTS) is 1. The summed E-state index contributed by atoms with van der Waals surface area (Å²) in [4.78, 5) is 41.7. The fourth-order valence-electron chi connectivity index (χ4n) is 7.30. The highest BCUT2D eigenvalue weighted by atomic mass is 35.5. The second-order valence-corrected chi connectivity index (χ2v) is 14.3. The number of fused-ring (bicyclic) bond motifs is 3. The average Bonchev–Trinajstić information content (AvgIpc) is 3.48. The Morgan fingerprint density at radius 1 is 1.00 bits per heavy atom. The van der Waals surface area contributed by atoms with Gasteiger partial charge in [0.15, 0.2) is 0 Å². The Morgan fingerprint density at radius 3 is 2.37 bits per heavy atom. The van der Waals surface area contributed by atoms with E-state index < -0.39 is 17.9 Å². The van der Waals surface area contributed by atoms with Gasteiger partial charge in [-0.2, -0.15) is 5.10 Å². The van der Waals surface area contributed by atoms with Crippen LogP contribution in [0.5, 0.6) is 5.75 Å². The van der Waals surface area contributed by atoms with E-state index in [2.05, 4.69) is 15.0 Å². The molecular weight excluding hydrogens is 701 g/mol. The number of ether oxygens (including phenoxy) is 1. The topological polar surface area (TPSA) is 119 Å². The quantitative estimate of drug-likeness (QED) is 0.130. The molecule has 0 spiro atoms. The second kappa shape index (κ2) is 15.4. The molecule has 0 saturated heterocycles. The highest BCUT2D eigenvalue weighted by molar-refractivity contribution is 6.35. The lowest BCUT2D eigenvalue weighted by atomic mass is 9.98. The van der Waals surface area contributed by atoms with Gasteiger partial charge >= 0.3 is 5.97 Å². The van der Waals surface area contributed by atoms with Crippen LogP contribution in [0.4, 0.5) is 0 Å². The highest BCUT2D eigenvalue weighted by Gasteiger charge is 2.33. The van der Waals surface area contributed by atoms with Crippen molar-refractivity contribution in [3.8, 4) is 16.9 Å². The first-order valence-corrected chi connectivity index (χ1v) is 18.2. The molecule has 0 saturated carbocycles. The molecule has 1 aliphatic heterocycles. The molecule has 0 fully saturated rings. The molecule has 1 atom stereocenters. The number of hydrogen-bond donors (Lipinski definition) is 2. The number of halogens is 2. The standard InChI is InChI=1S/C40H43Cl2N5O5/c1-23-19-28(20-24(2)36(23)42)52-18-9-13-29-30-14-15-31(41)35(34-25(3)44-45(5)26(34)4)37(30)47-17-10-16-46(39(49)38(29)47)22-33(48)43-32(40(50)51)21-27-11-7-6-8-12-27/h6-8,11-12,14-15,19-20,32H,9-10,13,16-18,21-22H2,1-5H3,(H,43,48)(H,50,51)/t32-/m0/s1. The van der Waals surface area contributed by atoms with Crippen LogP contribution in [-0.2, 0) is 36.0 Å². The van der Waals surface area contributed by atoms with E-state index in [1.54, 1.807) is 0 Å². The van der Waals surface area contributed by atoms with Crippen molar-refractivity contribution in [1.29, 1.82) is 0 Å². The normalized spacial score (nSPS) is 13.6. The monoisotopic (exact) mass is 743 g/mol. The predicted molar refractivity (Wildman–Crippen MR) is 204 cm³/mol. The van der Waals surface area contributed by atoms with Crippen LogP contribution in [0.3, 0.4) is 0 Å². The molecule has 3 aromatic carbocycles. The number of carbonyl (C=O) groups excluding carboxylic acids is 2. The lowest BCUT2D eigenvalue weighted by Crippen LogP contribution is -2.48. The van der Waals surface area contributed by atoms with Crippen LogP contribution in [0.2, 0.25) is 10.0 Å². The second-order valence-electron chi connectivity index (χ2n) is 13.5. The summed E-state index contributed by atoms with van der Waals surface area (Å²) >= 11 is 13.4. The molecular formula is C40H43Cl2N5O5. The van der Waals surface area contributed by atoms with Crippen LogP contribution in [0.1, 0.15) is 57.0 Å². The largest absolute Gasteiger partial charge is 0.494 e. The number of nitrogens with zero attached hydrogens (tertiary/aromatic N) is 4. The summed E-state index contributed by atoms with van der Waals surface area (Å²) < 4.78 is 10.0. The van der Waals surface area contributed by atoms with Crippen LogP contribution in [0.25, 0.3) is 22.0 Å². The van der Waals surface area contributed by atoms with Crippen molar-refractivity contribution in [2.45, 2.75) is 66.0 Å². The molecule has 0 bridgehead atoms. The van der Waals surface area contributed by atoms with Crippen molar-refractivity contribution in [3.05, 3.63) is 104 Å². The number of amides is 2. The van der Waals surface area contributed by atoms with Gasteiger partial charge in [-0.05, 0) is 87.4 Å². The van der Waals surface area contributed by atoms with Gasteiger partial charge in [0.25, 0.3) is 5.91 Å². The number of rotatable bonds is 12. The smallest absolute Gasteiger partial charge is 0.326 e. The van der Waals surface area contributed by atoms with Crippen LogP contribution < -0.4 is 10.1 Å². The zero-order chi connectivity index (χ0) is 37.3. The number of aromatic nitrogens is 3. The third kappa shape index (κ3) is 7.41. The first kappa shape index (κ1) is 37.0.